The van der Waals surface area contributed by atoms with E-state index in [1.54, 1.807) is 24.4 Å². The van der Waals surface area contributed by atoms with Crippen LogP contribution in [0.3, 0.4) is 0 Å². The standard InChI is InChI=1S/C19H23N5O3/c1-10-8-11(2)17(24(26)27)12(3)16(10)18-21-22(13(4)25)15-9-14(19(5,6)7)20-23(15)18/h8-9H,1-7H3. The minimum absolute atomic E-state index is 0.0596. The summed E-state index contributed by atoms with van der Waals surface area (Å²) in [4.78, 5) is 23.3. The van der Waals surface area contributed by atoms with Crippen molar-refractivity contribution >= 4 is 17.2 Å². The largest absolute Gasteiger partial charge is 0.275 e. The molecule has 0 radical (unpaired) electrons. The van der Waals surface area contributed by atoms with Gasteiger partial charge in [0, 0.05) is 35.1 Å². The average Bonchev–Trinajstić information content (AvgIpc) is 3.05. The number of rotatable bonds is 2. The second-order valence-corrected chi connectivity index (χ2v) is 7.92. The lowest BCUT2D eigenvalue weighted by Gasteiger charge is -2.14. The molecule has 0 aliphatic carbocycles. The minimum atomic E-state index is -0.379. The maximum Gasteiger partial charge on any atom is 0.275 e. The number of nitro benzene ring substituents is 1. The highest BCUT2D eigenvalue weighted by Gasteiger charge is 2.27. The average molecular weight is 369 g/mol. The summed E-state index contributed by atoms with van der Waals surface area (Å²) in [6.45, 7) is 12.8. The molecule has 3 aromatic rings. The number of aromatic nitrogens is 4. The van der Waals surface area contributed by atoms with Gasteiger partial charge in [-0.05, 0) is 32.4 Å². The summed E-state index contributed by atoms with van der Waals surface area (Å²) in [5.74, 6) is 0.178. The number of nitrogens with zero attached hydrogens (tertiary/aromatic N) is 5. The van der Waals surface area contributed by atoms with E-state index < -0.39 is 0 Å². The Labute approximate surface area is 157 Å². The van der Waals surface area contributed by atoms with E-state index in [1.807, 2.05) is 33.8 Å². The number of carbonyl (C=O) groups is 1. The summed E-state index contributed by atoms with van der Waals surface area (Å²) in [6, 6.07) is 3.61. The molecule has 0 fully saturated rings. The monoisotopic (exact) mass is 369 g/mol. The third-order valence-corrected chi connectivity index (χ3v) is 4.71. The molecule has 1 aromatic carbocycles. The summed E-state index contributed by atoms with van der Waals surface area (Å²) in [7, 11) is 0. The fraction of sp³-hybridized carbons (Fsp3) is 0.421. The van der Waals surface area contributed by atoms with Gasteiger partial charge in [0.25, 0.3) is 5.69 Å². The molecule has 0 saturated heterocycles. The van der Waals surface area contributed by atoms with Crippen LogP contribution >= 0.6 is 0 Å². The van der Waals surface area contributed by atoms with Crippen molar-refractivity contribution in [2.24, 2.45) is 0 Å². The molecule has 2 aromatic heterocycles. The van der Waals surface area contributed by atoms with Gasteiger partial charge in [0.2, 0.25) is 5.91 Å². The zero-order valence-corrected chi connectivity index (χ0v) is 16.6. The van der Waals surface area contributed by atoms with Gasteiger partial charge < -0.3 is 0 Å². The zero-order chi connectivity index (χ0) is 20.3. The Kier molecular flexibility index (Phi) is 4.17. The van der Waals surface area contributed by atoms with Crippen LogP contribution in [0.15, 0.2) is 12.1 Å². The summed E-state index contributed by atoms with van der Waals surface area (Å²) in [5, 5.41) is 20.6. The molecule has 0 unspecified atom stereocenters. The number of nitro groups is 1. The second-order valence-electron chi connectivity index (χ2n) is 7.92. The van der Waals surface area contributed by atoms with Crippen LogP contribution in [0.2, 0.25) is 0 Å². The lowest BCUT2D eigenvalue weighted by atomic mass is 9.93. The maximum absolute atomic E-state index is 12.1. The summed E-state index contributed by atoms with van der Waals surface area (Å²) >= 11 is 0. The van der Waals surface area contributed by atoms with Crippen molar-refractivity contribution in [3.05, 3.63) is 44.6 Å². The van der Waals surface area contributed by atoms with Gasteiger partial charge in [-0.2, -0.15) is 14.3 Å². The number of benzene rings is 1. The van der Waals surface area contributed by atoms with Gasteiger partial charge in [-0.25, -0.2) is 0 Å². The zero-order valence-electron chi connectivity index (χ0n) is 16.6. The molecule has 2 heterocycles. The third kappa shape index (κ3) is 2.90. The van der Waals surface area contributed by atoms with Crippen molar-refractivity contribution in [1.29, 1.82) is 0 Å². The number of hydrogen-bond donors (Lipinski definition) is 0. The normalized spacial score (nSPS) is 12.0. The molecule has 0 bridgehead atoms. The first-order valence-corrected chi connectivity index (χ1v) is 8.69. The van der Waals surface area contributed by atoms with Gasteiger partial charge in [-0.3, -0.25) is 14.9 Å². The van der Waals surface area contributed by atoms with E-state index in [0.29, 0.717) is 28.2 Å². The Bertz CT molecular complexity index is 1100. The molecule has 0 atom stereocenters. The highest BCUT2D eigenvalue weighted by molar-refractivity contribution is 5.82. The van der Waals surface area contributed by atoms with Crippen molar-refractivity contribution < 1.29 is 9.72 Å². The molecule has 0 saturated carbocycles. The lowest BCUT2D eigenvalue weighted by Crippen LogP contribution is -2.13. The Morgan fingerprint density at radius 1 is 1.11 bits per heavy atom. The SMILES string of the molecule is CC(=O)n1nc(-c2c(C)cc(C)c([N+](=O)[O-])c2C)n2nc(C(C)(C)C)cc12. The Balaban J connectivity index is 2.42. The van der Waals surface area contributed by atoms with Crippen LogP contribution in [0.25, 0.3) is 17.0 Å². The Morgan fingerprint density at radius 3 is 2.26 bits per heavy atom. The van der Waals surface area contributed by atoms with E-state index in [-0.39, 0.29) is 21.9 Å². The van der Waals surface area contributed by atoms with Crippen LogP contribution in [0.5, 0.6) is 0 Å². The van der Waals surface area contributed by atoms with E-state index in [4.69, 9.17) is 0 Å². The first-order valence-electron chi connectivity index (χ1n) is 8.69. The predicted molar refractivity (Wildman–Crippen MR) is 102 cm³/mol. The molecule has 142 valence electrons. The van der Waals surface area contributed by atoms with Crippen LogP contribution in [-0.2, 0) is 5.41 Å². The molecular formula is C19H23N5O3. The highest BCUT2D eigenvalue weighted by Crippen LogP contribution is 2.36. The first-order chi connectivity index (χ1) is 12.4. The Hall–Kier alpha value is -3.03. The van der Waals surface area contributed by atoms with Gasteiger partial charge in [0.05, 0.1) is 10.6 Å². The Morgan fingerprint density at radius 2 is 1.74 bits per heavy atom. The van der Waals surface area contributed by atoms with Crippen LogP contribution in [0.1, 0.15) is 54.9 Å². The number of carbonyl (C=O) groups excluding carboxylic acids is 1. The topological polar surface area (TPSA) is 95.3 Å². The van der Waals surface area contributed by atoms with E-state index >= 15 is 0 Å². The number of aryl methyl sites for hydroxylation is 2. The van der Waals surface area contributed by atoms with Gasteiger partial charge in [0.1, 0.15) is 0 Å². The summed E-state index contributed by atoms with van der Waals surface area (Å²) in [5.41, 5.74) is 3.78. The third-order valence-electron chi connectivity index (χ3n) is 4.71. The van der Waals surface area contributed by atoms with Gasteiger partial charge in [-0.1, -0.05) is 20.8 Å². The molecule has 0 aliphatic heterocycles. The van der Waals surface area contributed by atoms with Crippen molar-refractivity contribution in [2.75, 3.05) is 0 Å². The maximum atomic E-state index is 12.1. The highest BCUT2D eigenvalue weighted by atomic mass is 16.6. The molecule has 0 N–H and O–H groups in total. The minimum Gasteiger partial charge on any atom is -0.273 e. The molecule has 27 heavy (non-hydrogen) atoms. The number of hydrogen-bond acceptors (Lipinski definition) is 5. The van der Waals surface area contributed by atoms with Crippen molar-refractivity contribution in [3.63, 3.8) is 0 Å². The molecular weight excluding hydrogens is 346 g/mol. The first kappa shape index (κ1) is 18.8. The lowest BCUT2D eigenvalue weighted by molar-refractivity contribution is -0.386. The molecule has 3 rings (SSSR count). The van der Waals surface area contributed by atoms with Crippen molar-refractivity contribution in [3.8, 4) is 11.4 Å². The fourth-order valence-electron chi connectivity index (χ4n) is 3.42. The van der Waals surface area contributed by atoms with Crippen LogP contribution < -0.4 is 0 Å². The molecule has 0 aliphatic rings. The van der Waals surface area contributed by atoms with E-state index in [2.05, 4.69) is 10.2 Å². The molecule has 8 nitrogen and oxygen atoms in total. The quantitative estimate of drug-likeness (QED) is 0.503. The van der Waals surface area contributed by atoms with E-state index in [0.717, 1.165) is 11.3 Å². The number of fused-ring (bicyclic) bond motifs is 1. The van der Waals surface area contributed by atoms with Gasteiger partial charge in [-0.15, -0.1) is 5.10 Å². The van der Waals surface area contributed by atoms with Crippen LogP contribution in [0.4, 0.5) is 5.69 Å². The van der Waals surface area contributed by atoms with Crippen molar-refractivity contribution in [1.82, 2.24) is 19.4 Å². The summed E-state index contributed by atoms with van der Waals surface area (Å²) in [6.07, 6.45) is 0. The second kappa shape index (κ2) is 6.00. The van der Waals surface area contributed by atoms with E-state index in [1.165, 1.54) is 11.6 Å². The molecule has 8 heteroatoms. The van der Waals surface area contributed by atoms with Crippen LogP contribution in [-0.4, -0.2) is 30.2 Å². The predicted octanol–water partition coefficient (Wildman–Crippen LogP) is 3.99. The molecule has 0 amide bonds. The van der Waals surface area contributed by atoms with Crippen LogP contribution in [0, 0.1) is 30.9 Å². The summed E-state index contributed by atoms with van der Waals surface area (Å²) < 4.78 is 2.90. The fourth-order valence-corrected chi connectivity index (χ4v) is 3.42. The van der Waals surface area contributed by atoms with Crippen molar-refractivity contribution in [2.45, 2.75) is 53.9 Å². The van der Waals surface area contributed by atoms with E-state index in [9.17, 15) is 14.9 Å². The van der Waals surface area contributed by atoms with Gasteiger partial charge >= 0.3 is 0 Å². The van der Waals surface area contributed by atoms with Gasteiger partial charge in [0.15, 0.2) is 11.5 Å². The molecule has 0 spiro atoms. The smallest absolute Gasteiger partial charge is 0.273 e.